The molecule has 0 N–H and O–H groups in total. The van der Waals surface area contributed by atoms with Crippen molar-refractivity contribution in [2.24, 2.45) is 0 Å². The van der Waals surface area contributed by atoms with Gasteiger partial charge in [-0.2, -0.15) is 0 Å². The number of benzene rings is 1. The molecule has 1 saturated heterocycles. The van der Waals surface area contributed by atoms with Crippen LogP contribution < -0.4 is 9.64 Å². The summed E-state index contributed by atoms with van der Waals surface area (Å²) in [5.74, 6) is 1.47. The number of nitrogens with zero attached hydrogens (tertiary/aromatic N) is 2. The molecule has 1 fully saturated rings. The Morgan fingerprint density at radius 1 is 1.04 bits per heavy atom. The number of ether oxygens (including phenoxy) is 2. The van der Waals surface area contributed by atoms with Crippen molar-refractivity contribution in [1.82, 2.24) is 4.90 Å². The van der Waals surface area contributed by atoms with E-state index in [1.807, 2.05) is 18.2 Å². The third-order valence-electron chi connectivity index (χ3n) is 4.72. The van der Waals surface area contributed by atoms with Crippen LogP contribution in [0.1, 0.15) is 29.3 Å². The molecule has 0 spiro atoms. The molecule has 25 heavy (non-hydrogen) atoms. The number of piperazine rings is 1. The van der Waals surface area contributed by atoms with E-state index in [-0.39, 0.29) is 11.8 Å². The van der Waals surface area contributed by atoms with Crippen LogP contribution in [0.15, 0.2) is 40.8 Å². The summed E-state index contributed by atoms with van der Waals surface area (Å²) in [4.78, 5) is 16.3. The number of methoxy groups -OCH3 is 2. The largest absolute Gasteiger partial charge is 0.497 e. The summed E-state index contributed by atoms with van der Waals surface area (Å²) in [6.07, 6.45) is 0. The molecule has 6 heteroatoms. The van der Waals surface area contributed by atoms with Crippen molar-refractivity contribution in [3.05, 3.63) is 47.9 Å². The third-order valence-corrected chi connectivity index (χ3v) is 4.72. The van der Waals surface area contributed by atoms with Crippen LogP contribution in [0.3, 0.4) is 0 Å². The Bertz CT molecular complexity index is 702. The smallest absolute Gasteiger partial charge is 0.373 e. The van der Waals surface area contributed by atoms with E-state index in [1.165, 1.54) is 12.8 Å². The Kier molecular flexibility index (Phi) is 5.28. The first-order valence-electron chi connectivity index (χ1n) is 8.43. The summed E-state index contributed by atoms with van der Waals surface area (Å²) in [5.41, 5.74) is 1.21. The van der Waals surface area contributed by atoms with Crippen LogP contribution in [0.2, 0.25) is 0 Å². The van der Waals surface area contributed by atoms with E-state index < -0.39 is 5.97 Å². The highest BCUT2D eigenvalue weighted by Gasteiger charge is 2.25. The molecule has 1 atom stereocenters. The number of furan rings is 1. The molecule has 0 unspecified atom stereocenters. The molecule has 0 radical (unpaired) electrons. The molecule has 0 bridgehead atoms. The highest BCUT2D eigenvalue weighted by atomic mass is 16.5. The summed E-state index contributed by atoms with van der Waals surface area (Å²) < 4.78 is 15.5. The zero-order chi connectivity index (χ0) is 17.8. The van der Waals surface area contributed by atoms with E-state index in [9.17, 15) is 4.79 Å². The second-order valence-corrected chi connectivity index (χ2v) is 6.09. The van der Waals surface area contributed by atoms with E-state index in [1.54, 1.807) is 13.2 Å². The summed E-state index contributed by atoms with van der Waals surface area (Å²) in [7, 11) is 3.03. The second-order valence-electron chi connectivity index (χ2n) is 6.09. The molecule has 2 aromatic rings. The zero-order valence-corrected chi connectivity index (χ0v) is 14.9. The minimum Gasteiger partial charge on any atom is -0.497 e. The predicted octanol–water partition coefficient (Wildman–Crippen LogP) is 2.96. The van der Waals surface area contributed by atoms with Gasteiger partial charge in [0, 0.05) is 31.9 Å². The Hall–Kier alpha value is -2.47. The first-order chi connectivity index (χ1) is 12.1. The van der Waals surface area contributed by atoms with Crippen molar-refractivity contribution in [1.29, 1.82) is 0 Å². The number of anilines is 1. The van der Waals surface area contributed by atoms with Crippen molar-refractivity contribution < 1.29 is 18.7 Å². The lowest BCUT2D eigenvalue weighted by molar-refractivity contribution is 0.0558. The average Bonchev–Trinajstić information content (AvgIpc) is 3.17. The molecular weight excluding hydrogens is 320 g/mol. The van der Waals surface area contributed by atoms with Crippen LogP contribution in [0.25, 0.3) is 0 Å². The molecule has 0 aliphatic carbocycles. The molecule has 1 aromatic carbocycles. The fourth-order valence-electron chi connectivity index (χ4n) is 3.13. The van der Waals surface area contributed by atoms with Gasteiger partial charge >= 0.3 is 5.97 Å². The molecular formula is C19H24N2O4. The molecule has 2 heterocycles. The monoisotopic (exact) mass is 344 g/mol. The van der Waals surface area contributed by atoms with Crippen molar-refractivity contribution in [3.8, 4) is 5.75 Å². The topological polar surface area (TPSA) is 55.2 Å². The van der Waals surface area contributed by atoms with Gasteiger partial charge in [0.2, 0.25) is 5.76 Å². The van der Waals surface area contributed by atoms with Crippen molar-refractivity contribution in [2.75, 3.05) is 45.3 Å². The maximum atomic E-state index is 11.5. The van der Waals surface area contributed by atoms with Crippen LogP contribution in [0.5, 0.6) is 5.75 Å². The standard InChI is InChI=1S/C19H24N2O4/c1-14(17-8-9-18(25-17)19(22)24-3)20-10-12-21(13-11-20)15-4-6-16(23-2)7-5-15/h4-9,14H,10-13H2,1-3H3/t14-/m1/s1. The Balaban J connectivity index is 1.59. The van der Waals surface area contributed by atoms with Gasteiger partial charge in [-0.1, -0.05) is 0 Å². The van der Waals surface area contributed by atoms with Gasteiger partial charge in [0.15, 0.2) is 0 Å². The van der Waals surface area contributed by atoms with Crippen LogP contribution in [-0.2, 0) is 4.74 Å². The average molecular weight is 344 g/mol. The highest BCUT2D eigenvalue weighted by molar-refractivity contribution is 5.86. The number of esters is 1. The van der Waals surface area contributed by atoms with E-state index in [2.05, 4.69) is 28.9 Å². The number of hydrogen-bond donors (Lipinski definition) is 0. The molecule has 0 saturated carbocycles. The zero-order valence-electron chi connectivity index (χ0n) is 14.9. The van der Waals surface area contributed by atoms with E-state index in [4.69, 9.17) is 13.9 Å². The lowest BCUT2D eigenvalue weighted by Gasteiger charge is -2.38. The minimum absolute atomic E-state index is 0.122. The number of hydrogen-bond acceptors (Lipinski definition) is 6. The van der Waals surface area contributed by atoms with Crippen LogP contribution in [0, 0.1) is 0 Å². The Morgan fingerprint density at radius 2 is 1.72 bits per heavy atom. The minimum atomic E-state index is -0.442. The van der Waals surface area contributed by atoms with Crippen LogP contribution >= 0.6 is 0 Å². The van der Waals surface area contributed by atoms with E-state index >= 15 is 0 Å². The van der Waals surface area contributed by atoms with Gasteiger partial charge in [0.05, 0.1) is 20.3 Å². The first-order valence-corrected chi connectivity index (χ1v) is 8.43. The molecule has 134 valence electrons. The van der Waals surface area contributed by atoms with Gasteiger partial charge in [-0.15, -0.1) is 0 Å². The summed E-state index contributed by atoms with van der Waals surface area (Å²) >= 11 is 0. The van der Waals surface area contributed by atoms with E-state index in [0.717, 1.165) is 37.7 Å². The van der Waals surface area contributed by atoms with Gasteiger partial charge in [0.1, 0.15) is 11.5 Å². The van der Waals surface area contributed by atoms with E-state index in [0.29, 0.717) is 0 Å². The normalized spacial score (nSPS) is 16.5. The molecule has 3 rings (SSSR count). The summed E-state index contributed by atoms with van der Waals surface area (Å²) in [6, 6.07) is 11.8. The van der Waals surface area contributed by atoms with Gasteiger partial charge in [-0.3, -0.25) is 4.90 Å². The molecule has 0 amide bonds. The summed E-state index contributed by atoms with van der Waals surface area (Å²) in [6.45, 7) is 5.86. The number of carbonyl (C=O) groups is 1. The molecule has 1 aliphatic rings. The summed E-state index contributed by atoms with van der Waals surface area (Å²) in [5, 5.41) is 0. The Morgan fingerprint density at radius 3 is 2.32 bits per heavy atom. The number of carbonyl (C=O) groups excluding carboxylic acids is 1. The van der Waals surface area contributed by atoms with Gasteiger partial charge in [-0.05, 0) is 43.3 Å². The molecule has 1 aliphatic heterocycles. The lowest BCUT2D eigenvalue weighted by atomic mass is 10.1. The van der Waals surface area contributed by atoms with Gasteiger partial charge < -0.3 is 18.8 Å². The third kappa shape index (κ3) is 3.79. The van der Waals surface area contributed by atoms with Gasteiger partial charge in [0.25, 0.3) is 0 Å². The maximum Gasteiger partial charge on any atom is 0.373 e. The van der Waals surface area contributed by atoms with Crippen molar-refractivity contribution >= 4 is 11.7 Å². The Labute approximate surface area is 147 Å². The fourth-order valence-corrected chi connectivity index (χ4v) is 3.13. The SMILES string of the molecule is COC(=O)c1ccc([C@@H](C)N2CCN(c3ccc(OC)cc3)CC2)o1. The fraction of sp³-hybridized carbons (Fsp3) is 0.421. The molecule has 1 aromatic heterocycles. The maximum absolute atomic E-state index is 11.5. The van der Waals surface area contributed by atoms with Crippen molar-refractivity contribution in [3.63, 3.8) is 0 Å². The van der Waals surface area contributed by atoms with Gasteiger partial charge in [-0.25, -0.2) is 4.79 Å². The highest BCUT2D eigenvalue weighted by Crippen LogP contribution is 2.26. The quantitative estimate of drug-likeness (QED) is 0.778. The molecule has 6 nitrogen and oxygen atoms in total. The predicted molar refractivity (Wildman–Crippen MR) is 95.2 cm³/mol. The van der Waals surface area contributed by atoms with Crippen LogP contribution in [0.4, 0.5) is 5.69 Å². The first kappa shape index (κ1) is 17.4. The second kappa shape index (κ2) is 7.61. The van der Waals surface area contributed by atoms with Crippen LogP contribution in [-0.4, -0.2) is 51.3 Å². The number of rotatable bonds is 5. The van der Waals surface area contributed by atoms with Crippen molar-refractivity contribution in [2.45, 2.75) is 13.0 Å². The lowest BCUT2D eigenvalue weighted by Crippen LogP contribution is -2.47.